The third-order valence-corrected chi connectivity index (χ3v) is 4.71. The summed E-state index contributed by atoms with van der Waals surface area (Å²) in [6.45, 7) is 2.47. The van der Waals surface area contributed by atoms with Crippen molar-refractivity contribution in [3.05, 3.63) is 79.6 Å². The number of rotatable bonds is 4. The van der Waals surface area contributed by atoms with Gasteiger partial charge in [-0.05, 0) is 43.3 Å². The van der Waals surface area contributed by atoms with Gasteiger partial charge in [-0.2, -0.15) is 0 Å². The normalized spacial score (nSPS) is 12.3. The molecule has 0 atom stereocenters. The van der Waals surface area contributed by atoms with Crippen molar-refractivity contribution < 1.29 is 9.84 Å². The average Bonchev–Trinajstić information content (AvgIpc) is 3.17. The van der Waals surface area contributed by atoms with Gasteiger partial charge in [0.05, 0.1) is 27.9 Å². The van der Waals surface area contributed by atoms with E-state index in [9.17, 15) is 9.90 Å². The van der Waals surface area contributed by atoms with Gasteiger partial charge in [-0.15, -0.1) is 0 Å². The highest BCUT2D eigenvalue weighted by Gasteiger charge is 2.15. The third-order valence-electron chi connectivity index (χ3n) is 3.83. The van der Waals surface area contributed by atoms with E-state index in [1.807, 2.05) is 31.2 Å². The van der Waals surface area contributed by atoms with Crippen LogP contribution in [0.1, 0.15) is 11.8 Å². The first kappa shape index (κ1) is 16.3. The van der Waals surface area contributed by atoms with Crippen LogP contribution in [0.4, 0.5) is 0 Å². The molecule has 0 unspecified atom stereocenters. The van der Waals surface area contributed by atoms with E-state index >= 15 is 0 Å². The fourth-order valence-corrected chi connectivity index (χ4v) is 3.49. The van der Waals surface area contributed by atoms with Gasteiger partial charge in [0.1, 0.15) is 5.75 Å². The van der Waals surface area contributed by atoms with Gasteiger partial charge >= 0.3 is 4.87 Å². The number of para-hydroxylation sites is 2. The smallest absolute Gasteiger partial charge is 0.315 e. The predicted octanol–water partition coefficient (Wildman–Crippen LogP) is 2.25. The molecule has 7 heteroatoms. The van der Waals surface area contributed by atoms with Gasteiger partial charge in [-0.1, -0.05) is 23.5 Å². The number of aromatic nitrogens is 1. The first-order valence-corrected chi connectivity index (χ1v) is 8.89. The summed E-state index contributed by atoms with van der Waals surface area (Å²) in [6, 6.07) is 14.5. The molecule has 26 heavy (non-hydrogen) atoms. The standard InChI is InChI=1S/C19H15N3O3S/c1-2-25-13-9-7-12(8-10-13)22-18(23)16(26-19(22)24)11-17-20-14-5-3-4-6-15(14)21-17/h3-11,23H,2H2,1H3. The summed E-state index contributed by atoms with van der Waals surface area (Å²) in [7, 11) is 0. The number of nitrogens with zero attached hydrogens (tertiary/aromatic N) is 3. The SMILES string of the molecule is CCOc1ccc(-n2c(O)c(C=C3N=c4ccccc4=N3)sc2=O)cc1. The zero-order chi connectivity index (χ0) is 18.1. The molecular weight excluding hydrogens is 350 g/mol. The Morgan fingerprint density at radius 3 is 2.38 bits per heavy atom. The van der Waals surface area contributed by atoms with Crippen LogP contribution in [0.15, 0.2) is 69.1 Å². The van der Waals surface area contributed by atoms with Crippen molar-refractivity contribution >= 4 is 17.4 Å². The number of ether oxygens (including phenoxy) is 1. The molecule has 1 N–H and O–H groups in total. The third kappa shape index (κ3) is 2.93. The summed E-state index contributed by atoms with van der Waals surface area (Å²) in [5.41, 5.74) is 0.570. The van der Waals surface area contributed by atoms with E-state index in [1.165, 1.54) is 4.57 Å². The Labute approximate surface area is 152 Å². The maximum Gasteiger partial charge on any atom is 0.315 e. The minimum atomic E-state index is -0.283. The molecule has 2 aromatic carbocycles. The fraction of sp³-hybridized carbons (Fsp3) is 0.105. The Bertz CT molecular complexity index is 1140. The molecule has 0 aliphatic carbocycles. The second kappa shape index (κ2) is 6.61. The minimum Gasteiger partial charge on any atom is -0.494 e. The molecule has 1 aliphatic rings. The number of fused-ring (bicyclic) bond motifs is 1. The second-order valence-corrected chi connectivity index (χ2v) is 6.53. The maximum absolute atomic E-state index is 12.4. The molecule has 0 amide bonds. The maximum atomic E-state index is 12.4. The molecule has 0 bridgehead atoms. The zero-order valence-electron chi connectivity index (χ0n) is 13.9. The zero-order valence-corrected chi connectivity index (χ0v) is 14.7. The molecule has 0 saturated carbocycles. The van der Waals surface area contributed by atoms with Crippen LogP contribution < -0.4 is 20.3 Å². The molecular formula is C19H15N3O3S. The van der Waals surface area contributed by atoms with Gasteiger partial charge in [0.2, 0.25) is 5.88 Å². The summed E-state index contributed by atoms with van der Waals surface area (Å²) >= 11 is 0.946. The van der Waals surface area contributed by atoms with E-state index in [4.69, 9.17) is 4.74 Å². The van der Waals surface area contributed by atoms with E-state index < -0.39 is 0 Å². The highest BCUT2D eigenvalue weighted by Crippen LogP contribution is 2.27. The Morgan fingerprint density at radius 1 is 1.12 bits per heavy atom. The van der Waals surface area contributed by atoms with Gasteiger partial charge in [0, 0.05) is 6.08 Å². The Hall–Kier alpha value is -3.19. The Kier molecular flexibility index (Phi) is 4.14. The number of aromatic hydroxyl groups is 1. The Balaban J connectivity index is 1.73. The van der Waals surface area contributed by atoms with Crippen LogP contribution in [0.5, 0.6) is 11.6 Å². The van der Waals surface area contributed by atoms with E-state index in [1.54, 1.807) is 30.3 Å². The highest BCUT2D eigenvalue weighted by molar-refractivity contribution is 7.10. The molecule has 4 rings (SSSR count). The first-order valence-electron chi connectivity index (χ1n) is 8.08. The molecule has 3 aromatic rings. The van der Waals surface area contributed by atoms with Gasteiger partial charge in [-0.25, -0.2) is 14.6 Å². The molecule has 1 aliphatic heterocycles. The highest BCUT2D eigenvalue weighted by atomic mass is 32.1. The van der Waals surface area contributed by atoms with Crippen molar-refractivity contribution in [2.75, 3.05) is 6.61 Å². The predicted molar refractivity (Wildman–Crippen MR) is 99.5 cm³/mol. The molecule has 130 valence electrons. The molecule has 0 spiro atoms. The molecule has 2 heterocycles. The van der Waals surface area contributed by atoms with Crippen molar-refractivity contribution in [3.63, 3.8) is 0 Å². The second-order valence-electron chi connectivity index (χ2n) is 5.53. The lowest BCUT2D eigenvalue weighted by atomic mass is 10.3. The fourth-order valence-electron chi connectivity index (χ4n) is 2.67. The van der Waals surface area contributed by atoms with Gasteiger partial charge in [0.15, 0.2) is 5.82 Å². The van der Waals surface area contributed by atoms with Crippen LogP contribution in [-0.4, -0.2) is 16.3 Å². The quantitative estimate of drug-likeness (QED) is 0.770. The number of benzene rings is 2. The van der Waals surface area contributed by atoms with Gasteiger partial charge in [0.25, 0.3) is 0 Å². The van der Waals surface area contributed by atoms with Crippen LogP contribution in [0.25, 0.3) is 11.8 Å². The topological polar surface area (TPSA) is 76.2 Å². The lowest BCUT2D eigenvalue weighted by Crippen LogP contribution is -2.19. The molecule has 0 saturated heterocycles. The average molecular weight is 365 g/mol. The lowest BCUT2D eigenvalue weighted by Gasteiger charge is -2.06. The van der Waals surface area contributed by atoms with E-state index in [0.717, 1.165) is 22.1 Å². The van der Waals surface area contributed by atoms with Crippen LogP contribution in [-0.2, 0) is 0 Å². The monoisotopic (exact) mass is 365 g/mol. The van der Waals surface area contributed by atoms with E-state index in [2.05, 4.69) is 9.98 Å². The van der Waals surface area contributed by atoms with Crippen molar-refractivity contribution in [1.29, 1.82) is 0 Å². The van der Waals surface area contributed by atoms with Crippen molar-refractivity contribution in [1.82, 2.24) is 4.57 Å². The summed E-state index contributed by atoms with van der Waals surface area (Å²) < 4.78 is 6.66. The van der Waals surface area contributed by atoms with Crippen LogP contribution in [0.3, 0.4) is 0 Å². The van der Waals surface area contributed by atoms with Crippen molar-refractivity contribution in [3.8, 4) is 17.3 Å². The summed E-state index contributed by atoms with van der Waals surface area (Å²) in [5.74, 6) is 1.04. The first-order chi connectivity index (χ1) is 12.7. The summed E-state index contributed by atoms with van der Waals surface area (Å²) in [5, 5.41) is 12.1. The summed E-state index contributed by atoms with van der Waals surface area (Å²) in [6.07, 6.45) is 1.62. The van der Waals surface area contributed by atoms with Crippen molar-refractivity contribution in [2.24, 2.45) is 9.98 Å². The number of hydrogen-bond donors (Lipinski definition) is 1. The number of thiazole rings is 1. The lowest BCUT2D eigenvalue weighted by molar-refractivity contribution is 0.340. The largest absolute Gasteiger partial charge is 0.494 e. The summed E-state index contributed by atoms with van der Waals surface area (Å²) in [4.78, 5) is 21.3. The minimum absolute atomic E-state index is 0.127. The molecule has 1 aromatic heterocycles. The van der Waals surface area contributed by atoms with Gasteiger partial charge < -0.3 is 9.84 Å². The van der Waals surface area contributed by atoms with Crippen LogP contribution >= 0.6 is 11.3 Å². The van der Waals surface area contributed by atoms with Crippen LogP contribution in [0, 0.1) is 0 Å². The molecule has 0 fully saturated rings. The molecule has 6 nitrogen and oxygen atoms in total. The van der Waals surface area contributed by atoms with Crippen LogP contribution in [0.2, 0.25) is 0 Å². The van der Waals surface area contributed by atoms with Gasteiger partial charge in [-0.3, -0.25) is 4.79 Å². The number of hydrogen-bond acceptors (Lipinski definition) is 6. The molecule has 0 radical (unpaired) electrons. The van der Waals surface area contributed by atoms with E-state index in [-0.39, 0.29) is 10.8 Å². The van der Waals surface area contributed by atoms with E-state index in [0.29, 0.717) is 28.7 Å². The van der Waals surface area contributed by atoms with Crippen molar-refractivity contribution in [2.45, 2.75) is 6.92 Å². The Morgan fingerprint density at radius 2 is 1.77 bits per heavy atom.